The predicted octanol–water partition coefficient (Wildman–Crippen LogP) is 3.75. The van der Waals surface area contributed by atoms with Gasteiger partial charge < -0.3 is 33.8 Å². The molecule has 0 spiro atoms. The number of benzene rings is 2. The molecule has 3 rings (SSSR count). The standard InChI is InChI=1S/C25H27NO8/c1-13-9-18(31-3)19(32-4)11-16(13)21-20(14-7-8-17(30-2)15(10-14)12-27)22(24(28)33-5)26-23(21)25(29)34-6/h7-11,26-27H,12H2,1-6H3. The van der Waals surface area contributed by atoms with Crippen LogP contribution in [0.1, 0.15) is 32.1 Å². The third kappa shape index (κ3) is 4.29. The minimum absolute atomic E-state index is 0.0566. The van der Waals surface area contributed by atoms with Crippen LogP contribution in [0.4, 0.5) is 0 Å². The number of rotatable bonds is 8. The number of methoxy groups -OCH3 is 5. The highest BCUT2D eigenvalue weighted by molar-refractivity contribution is 6.09. The van der Waals surface area contributed by atoms with E-state index in [2.05, 4.69) is 4.98 Å². The van der Waals surface area contributed by atoms with E-state index >= 15 is 0 Å². The number of aliphatic hydroxyl groups excluding tert-OH is 1. The molecule has 0 saturated heterocycles. The lowest BCUT2D eigenvalue weighted by atomic mass is 9.91. The average Bonchev–Trinajstić information content (AvgIpc) is 3.27. The van der Waals surface area contributed by atoms with Crippen molar-refractivity contribution in [1.29, 1.82) is 0 Å². The molecule has 9 nitrogen and oxygen atoms in total. The van der Waals surface area contributed by atoms with E-state index < -0.39 is 11.9 Å². The summed E-state index contributed by atoms with van der Waals surface area (Å²) in [5, 5.41) is 9.85. The molecular weight excluding hydrogens is 442 g/mol. The Morgan fingerprint density at radius 3 is 1.88 bits per heavy atom. The van der Waals surface area contributed by atoms with Gasteiger partial charge in [-0.3, -0.25) is 0 Å². The molecule has 9 heteroatoms. The largest absolute Gasteiger partial charge is 0.496 e. The molecular formula is C25H27NO8. The van der Waals surface area contributed by atoms with Crippen molar-refractivity contribution in [2.75, 3.05) is 35.5 Å². The van der Waals surface area contributed by atoms with Crippen molar-refractivity contribution in [3.8, 4) is 39.5 Å². The summed E-state index contributed by atoms with van der Waals surface area (Å²) in [6.07, 6.45) is 0. The van der Waals surface area contributed by atoms with Gasteiger partial charge in [0.25, 0.3) is 0 Å². The molecule has 0 aliphatic heterocycles. The molecule has 0 fully saturated rings. The summed E-state index contributed by atoms with van der Waals surface area (Å²) in [5.74, 6) is 0.0953. The van der Waals surface area contributed by atoms with E-state index in [0.29, 0.717) is 45.1 Å². The van der Waals surface area contributed by atoms with Gasteiger partial charge in [-0.25, -0.2) is 9.59 Å². The van der Waals surface area contributed by atoms with Gasteiger partial charge in [0.2, 0.25) is 0 Å². The molecule has 34 heavy (non-hydrogen) atoms. The molecule has 1 heterocycles. The highest BCUT2D eigenvalue weighted by Crippen LogP contribution is 2.44. The number of carbonyl (C=O) groups excluding carboxylic acids is 2. The first-order valence-electron chi connectivity index (χ1n) is 10.3. The van der Waals surface area contributed by atoms with Crippen LogP contribution >= 0.6 is 0 Å². The van der Waals surface area contributed by atoms with Crippen LogP contribution in [0.3, 0.4) is 0 Å². The number of aromatic nitrogens is 1. The van der Waals surface area contributed by atoms with Gasteiger partial charge in [-0.05, 0) is 47.9 Å². The molecule has 0 aliphatic rings. The van der Waals surface area contributed by atoms with Gasteiger partial charge in [0, 0.05) is 16.7 Å². The second-order valence-electron chi connectivity index (χ2n) is 7.32. The van der Waals surface area contributed by atoms with E-state index in [0.717, 1.165) is 5.56 Å². The molecule has 0 amide bonds. The van der Waals surface area contributed by atoms with Crippen molar-refractivity contribution >= 4 is 11.9 Å². The first kappa shape index (κ1) is 24.7. The summed E-state index contributed by atoms with van der Waals surface area (Å²) in [4.78, 5) is 28.5. The van der Waals surface area contributed by atoms with Gasteiger partial charge in [-0.15, -0.1) is 0 Å². The van der Waals surface area contributed by atoms with Gasteiger partial charge >= 0.3 is 11.9 Å². The maximum atomic E-state index is 12.8. The second kappa shape index (κ2) is 10.3. The monoisotopic (exact) mass is 469 g/mol. The number of nitrogens with one attached hydrogen (secondary N) is 1. The molecule has 2 aromatic carbocycles. The molecule has 180 valence electrons. The van der Waals surface area contributed by atoms with Crippen molar-refractivity contribution in [2.45, 2.75) is 13.5 Å². The van der Waals surface area contributed by atoms with Crippen LogP contribution in [0, 0.1) is 6.92 Å². The van der Waals surface area contributed by atoms with Crippen LogP contribution in [0.15, 0.2) is 30.3 Å². The Balaban J connectivity index is 2.47. The number of hydrogen-bond acceptors (Lipinski definition) is 8. The number of ether oxygens (including phenoxy) is 5. The SMILES string of the molecule is COC(=O)c1[nH]c(C(=O)OC)c(-c2cc(OC)c(OC)cc2C)c1-c1ccc(OC)c(CO)c1. The second-order valence-corrected chi connectivity index (χ2v) is 7.32. The van der Waals surface area contributed by atoms with Crippen LogP contribution in [-0.4, -0.2) is 57.6 Å². The highest BCUT2D eigenvalue weighted by atomic mass is 16.5. The van der Waals surface area contributed by atoms with Gasteiger partial charge in [0.05, 0.1) is 42.2 Å². The van der Waals surface area contributed by atoms with E-state index in [-0.39, 0.29) is 18.0 Å². The van der Waals surface area contributed by atoms with Crippen LogP contribution in [0.5, 0.6) is 17.2 Å². The Hall–Kier alpha value is -3.98. The Labute approximate surface area is 197 Å². The summed E-state index contributed by atoms with van der Waals surface area (Å²) in [6.45, 7) is 1.56. The van der Waals surface area contributed by atoms with E-state index in [4.69, 9.17) is 23.7 Å². The van der Waals surface area contributed by atoms with E-state index in [1.54, 1.807) is 30.3 Å². The number of aromatic amines is 1. The molecule has 1 aromatic heterocycles. The topological polar surface area (TPSA) is 116 Å². The predicted molar refractivity (Wildman–Crippen MR) is 125 cm³/mol. The Bertz CT molecular complexity index is 1230. The fourth-order valence-electron chi connectivity index (χ4n) is 3.88. The third-order valence-electron chi connectivity index (χ3n) is 5.52. The number of aliphatic hydroxyl groups is 1. The van der Waals surface area contributed by atoms with Crippen molar-refractivity contribution in [3.05, 3.63) is 52.8 Å². The van der Waals surface area contributed by atoms with Gasteiger partial charge in [0.15, 0.2) is 11.5 Å². The van der Waals surface area contributed by atoms with Gasteiger partial charge in [-0.1, -0.05) is 6.07 Å². The van der Waals surface area contributed by atoms with Crippen LogP contribution in [-0.2, 0) is 16.1 Å². The molecule has 0 radical (unpaired) electrons. The Morgan fingerprint density at radius 2 is 1.35 bits per heavy atom. The summed E-state index contributed by atoms with van der Waals surface area (Å²) in [6, 6.07) is 8.60. The zero-order valence-electron chi connectivity index (χ0n) is 19.9. The Kier molecular flexibility index (Phi) is 7.47. The summed E-state index contributed by atoms with van der Waals surface area (Å²) in [7, 11) is 7.04. The van der Waals surface area contributed by atoms with Crippen molar-refractivity contribution in [2.24, 2.45) is 0 Å². The molecule has 0 aliphatic carbocycles. The summed E-state index contributed by atoms with van der Waals surface area (Å²) < 4.78 is 26.2. The third-order valence-corrected chi connectivity index (χ3v) is 5.52. The molecule has 2 N–H and O–H groups in total. The molecule has 3 aromatic rings. The zero-order chi connectivity index (χ0) is 25.0. The molecule has 0 bridgehead atoms. The first-order valence-corrected chi connectivity index (χ1v) is 10.3. The highest BCUT2D eigenvalue weighted by Gasteiger charge is 2.30. The van der Waals surface area contributed by atoms with E-state index in [1.807, 2.05) is 6.92 Å². The summed E-state index contributed by atoms with van der Waals surface area (Å²) >= 11 is 0. The number of hydrogen-bond donors (Lipinski definition) is 2. The quantitative estimate of drug-likeness (QED) is 0.479. The Morgan fingerprint density at radius 1 is 0.794 bits per heavy atom. The van der Waals surface area contributed by atoms with Crippen LogP contribution in [0.25, 0.3) is 22.3 Å². The van der Waals surface area contributed by atoms with Gasteiger partial charge in [0.1, 0.15) is 17.1 Å². The molecule has 0 unspecified atom stereocenters. The lowest BCUT2D eigenvalue weighted by Gasteiger charge is -2.16. The minimum atomic E-state index is -0.675. The first-order chi connectivity index (χ1) is 16.3. The minimum Gasteiger partial charge on any atom is -0.496 e. The fourth-order valence-corrected chi connectivity index (χ4v) is 3.88. The van der Waals surface area contributed by atoms with Crippen LogP contribution < -0.4 is 14.2 Å². The summed E-state index contributed by atoms with van der Waals surface area (Å²) in [5.41, 5.74) is 3.37. The maximum Gasteiger partial charge on any atom is 0.355 e. The average molecular weight is 469 g/mol. The number of H-pyrrole nitrogens is 1. The lowest BCUT2D eigenvalue weighted by molar-refractivity contribution is 0.0591. The van der Waals surface area contributed by atoms with Gasteiger partial charge in [-0.2, -0.15) is 0 Å². The van der Waals surface area contributed by atoms with Crippen molar-refractivity contribution in [3.63, 3.8) is 0 Å². The fraction of sp³-hybridized carbons (Fsp3) is 0.280. The maximum absolute atomic E-state index is 12.8. The van der Waals surface area contributed by atoms with Crippen LogP contribution in [0.2, 0.25) is 0 Å². The van der Waals surface area contributed by atoms with Crippen molar-refractivity contribution in [1.82, 2.24) is 4.98 Å². The zero-order valence-corrected chi connectivity index (χ0v) is 19.9. The number of carbonyl (C=O) groups is 2. The molecule has 0 saturated carbocycles. The number of aryl methyl sites for hydroxylation is 1. The normalized spacial score (nSPS) is 10.6. The van der Waals surface area contributed by atoms with E-state index in [9.17, 15) is 14.7 Å². The number of esters is 2. The smallest absolute Gasteiger partial charge is 0.355 e. The molecule has 0 atom stereocenters. The van der Waals surface area contributed by atoms with Crippen molar-refractivity contribution < 1.29 is 38.4 Å². The lowest BCUT2D eigenvalue weighted by Crippen LogP contribution is -2.06. The van der Waals surface area contributed by atoms with E-state index in [1.165, 1.54) is 35.5 Å².